The summed E-state index contributed by atoms with van der Waals surface area (Å²) in [6, 6.07) is 0.331. The monoisotopic (exact) mass is 335 g/mol. The van der Waals surface area contributed by atoms with Gasteiger partial charge in [0.25, 0.3) is 0 Å². The summed E-state index contributed by atoms with van der Waals surface area (Å²) < 4.78 is 0. The molecule has 0 saturated heterocycles. The highest BCUT2D eigenvalue weighted by Gasteiger charge is 2.40. The zero-order valence-electron chi connectivity index (χ0n) is 14.3. The highest BCUT2D eigenvalue weighted by atomic mass is 32.1. The molecule has 0 spiro atoms. The summed E-state index contributed by atoms with van der Waals surface area (Å²) in [5.41, 5.74) is 7.41. The van der Waals surface area contributed by atoms with E-state index in [0.717, 1.165) is 25.0 Å². The van der Waals surface area contributed by atoms with Gasteiger partial charge in [-0.25, -0.2) is 4.98 Å². The molecule has 23 heavy (non-hydrogen) atoms. The largest absolute Gasteiger partial charge is 0.355 e. The van der Waals surface area contributed by atoms with Crippen LogP contribution in [0.5, 0.6) is 0 Å². The lowest BCUT2D eigenvalue weighted by Gasteiger charge is -2.43. The maximum Gasteiger partial charge on any atom is 0.223 e. The molecule has 0 aromatic carbocycles. The molecule has 2 atom stereocenters. The van der Waals surface area contributed by atoms with E-state index < -0.39 is 0 Å². The topological polar surface area (TPSA) is 68.0 Å². The standard InChI is InChI=1S/C18H29N3OS/c1-11(2)18-21-15(10-23-18)6-7-20-17(22)14-8-12-4-3-5-13(9-14)16(12)19/h10-14,16H,3-9,19H2,1-2H3,(H,20,22). The Bertz CT molecular complexity index is 528. The summed E-state index contributed by atoms with van der Waals surface area (Å²) in [4.78, 5) is 17.1. The molecule has 1 aromatic heterocycles. The van der Waals surface area contributed by atoms with Crippen LogP contribution in [0.2, 0.25) is 0 Å². The zero-order chi connectivity index (χ0) is 16.4. The van der Waals surface area contributed by atoms with E-state index in [1.165, 1.54) is 24.3 Å². The van der Waals surface area contributed by atoms with Crippen LogP contribution in [0.3, 0.4) is 0 Å². The molecule has 5 heteroatoms. The highest BCUT2D eigenvalue weighted by Crippen LogP contribution is 2.41. The molecule has 2 saturated carbocycles. The van der Waals surface area contributed by atoms with Gasteiger partial charge < -0.3 is 11.1 Å². The van der Waals surface area contributed by atoms with Gasteiger partial charge in [0.1, 0.15) is 0 Å². The summed E-state index contributed by atoms with van der Waals surface area (Å²) in [6.07, 6.45) is 6.50. The molecular weight excluding hydrogens is 306 g/mol. The Morgan fingerprint density at radius 2 is 2.09 bits per heavy atom. The van der Waals surface area contributed by atoms with Gasteiger partial charge in [0.05, 0.1) is 10.7 Å². The van der Waals surface area contributed by atoms with Gasteiger partial charge in [-0.15, -0.1) is 11.3 Å². The van der Waals surface area contributed by atoms with Gasteiger partial charge in [-0.1, -0.05) is 20.3 Å². The minimum absolute atomic E-state index is 0.173. The van der Waals surface area contributed by atoms with Crippen LogP contribution in [-0.4, -0.2) is 23.5 Å². The Morgan fingerprint density at radius 1 is 1.39 bits per heavy atom. The number of hydrogen-bond donors (Lipinski definition) is 2. The Kier molecular flexibility index (Phi) is 5.37. The zero-order valence-corrected chi connectivity index (χ0v) is 15.1. The first-order valence-electron chi connectivity index (χ1n) is 9.02. The van der Waals surface area contributed by atoms with Crippen molar-refractivity contribution in [2.24, 2.45) is 23.5 Å². The number of nitrogens with zero attached hydrogens (tertiary/aromatic N) is 1. The third-order valence-electron chi connectivity index (χ3n) is 5.53. The van der Waals surface area contributed by atoms with E-state index in [1.54, 1.807) is 11.3 Å². The van der Waals surface area contributed by atoms with E-state index in [9.17, 15) is 4.79 Å². The number of rotatable bonds is 5. The summed E-state index contributed by atoms with van der Waals surface area (Å²) in [7, 11) is 0. The van der Waals surface area contributed by atoms with E-state index in [-0.39, 0.29) is 11.8 Å². The molecule has 1 heterocycles. The summed E-state index contributed by atoms with van der Waals surface area (Å²) in [6.45, 7) is 5.02. The van der Waals surface area contributed by atoms with Crippen LogP contribution in [0.4, 0.5) is 0 Å². The Labute approximate surface area is 143 Å². The Morgan fingerprint density at radius 3 is 2.70 bits per heavy atom. The number of nitrogens with one attached hydrogen (secondary N) is 1. The van der Waals surface area contributed by atoms with Gasteiger partial charge in [0, 0.05) is 36.2 Å². The number of fused-ring (bicyclic) bond motifs is 2. The molecule has 1 aromatic rings. The quantitative estimate of drug-likeness (QED) is 0.869. The molecule has 0 aliphatic heterocycles. The molecule has 0 radical (unpaired) electrons. The van der Waals surface area contributed by atoms with Crippen LogP contribution in [0.15, 0.2) is 5.38 Å². The van der Waals surface area contributed by atoms with Gasteiger partial charge in [0.2, 0.25) is 5.91 Å². The Hall–Kier alpha value is -0.940. The van der Waals surface area contributed by atoms with Gasteiger partial charge in [0.15, 0.2) is 0 Å². The second kappa shape index (κ2) is 7.31. The fraction of sp³-hybridized carbons (Fsp3) is 0.778. The number of aromatic nitrogens is 1. The maximum atomic E-state index is 12.5. The average molecular weight is 336 g/mol. The average Bonchev–Trinajstić information content (AvgIpc) is 2.96. The van der Waals surface area contributed by atoms with Crippen molar-refractivity contribution in [2.75, 3.05) is 6.54 Å². The number of hydrogen-bond acceptors (Lipinski definition) is 4. The third-order valence-corrected chi connectivity index (χ3v) is 6.72. The maximum absolute atomic E-state index is 12.5. The van der Waals surface area contributed by atoms with Crippen LogP contribution < -0.4 is 11.1 Å². The summed E-state index contributed by atoms with van der Waals surface area (Å²) in [5.74, 6) is 2.00. The van der Waals surface area contributed by atoms with Gasteiger partial charge >= 0.3 is 0 Å². The van der Waals surface area contributed by atoms with Crippen LogP contribution in [-0.2, 0) is 11.2 Å². The van der Waals surface area contributed by atoms with E-state index in [1.807, 2.05) is 0 Å². The fourth-order valence-electron chi connectivity index (χ4n) is 4.16. The fourth-order valence-corrected chi connectivity index (χ4v) is 5.03. The third kappa shape index (κ3) is 3.94. The van der Waals surface area contributed by atoms with Crippen molar-refractivity contribution in [2.45, 2.75) is 64.3 Å². The molecule has 128 valence electrons. The minimum atomic E-state index is 0.173. The number of amides is 1. The molecule has 1 amide bonds. The Balaban J connectivity index is 1.46. The molecule has 2 bridgehead atoms. The number of nitrogens with two attached hydrogens (primary N) is 1. The molecule has 2 aliphatic carbocycles. The van der Waals surface area contributed by atoms with Crippen molar-refractivity contribution in [1.29, 1.82) is 0 Å². The normalized spacial score (nSPS) is 30.4. The lowest BCUT2D eigenvalue weighted by atomic mass is 9.65. The van der Waals surface area contributed by atoms with Crippen LogP contribution >= 0.6 is 11.3 Å². The van der Waals surface area contributed by atoms with Crippen LogP contribution in [0.25, 0.3) is 0 Å². The summed E-state index contributed by atoms with van der Waals surface area (Å²) >= 11 is 1.72. The van der Waals surface area contributed by atoms with Crippen molar-refractivity contribution in [1.82, 2.24) is 10.3 Å². The van der Waals surface area contributed by atoms with Gasteiger partial charge in [-0.3, -0.25) is 4.79 Å². The molecule has 2 fully saturated rings. The van der Waals surface area contributed by atoms with Crippen LogP contribution in [0.1, 0.15) is 62.6 Å². The minimum Gasteiger partial charge on any atom is -0.355 e. The first-order valence-corrected chi connectivity index (χ1v) is 9.90. The van der Waals surface area contributed by atoms with Crippen molar-refractivity contribution < 1.29 is 4.79 Å². The number of carbonyl (C=O) groups is 1. The lowest BCUT2D eigenvalue weighted by molar-refractivity contribution is -0.127. The SMILES string of the molecule is CC(C)c1nc(CCNC(=O)C2CC3CCCC(C2)C3N)cs1. The van der Waals surface area contributed by atoms with Crippen molar-refractivity contribution in [3.63, 3.8) is 0 Å². The summed E-state index contributed by atoms with van der Waals surface area (Å²) in [5, 5.41) is 6.43. The molecule has 3 N–H and O–H groups in total. The first-order chi connectivity index (χ1) is 11.0. The predicted molar refractivity (Wildman–Crippen MR) is 94.4 cm³/mol. The van der Waals surface area contributed by atoms with E-state index in [4.69, 9.17) is 5.73 Å². The van der Waals surface area contributed by atoms with Crippen molar-refractivity contribution >= 4 is 17.2 Å². The van der Waals surface area contributed by atoms with E-state index >= 15 is 0 Å². The smallest absolute Gasteiger partial charge is 0.223 e. The predicted octanol–water partition coefficient (Wildman–Crippen LogP) is 3.08. The van der Waals surface area contributed by atoms with E-state index in [2.05, 4.69) is 29.5 Å². The van der Waals surface area contributed by atoms with Gasteiger partial charge in [-0.05, 0) is 37.5 Å². The van der Waals surface area contributed by atoms with Crippen molar-refractivity contribution in [3.05, 3.63) is 16.1 Å². The molecule has 4 nitrogen and oxygen atoms in total. The molecule has 2 unspecified atom stereocenters. The van der Waals surface area contributed by atoms with Crippen molar-refractivity contribution in [3.8, 4) is 0 Å². The van der Waals surface area contributed by atoms with E-state index in [0.29, 0.717) is 30.3 Å². The second-order valence-electron chi connectivity index (χ2n) is 7.57. The van der Waals surface area contributed by atoms with Crippen LogP contribution in [0, 0.1) is 17.8 Å². The lowest BCUT2D eigenvalue weighted by Crippen LogP contribution is -2.49. The highest BCUT2D eigenvalue weighted by molar-refractivity contribution is 7.09. The molecule has 3 rings (SSSR count). The molecule has 2 aliphatic rings. The number of thiazole rings is 1. The van der Waals surface area contributed by atoms with Gasteiger partial charge in [-0.2, -0.15) is 0 Å². The second-order valence-corrected chi connectivity index (χ2v) is 8.46. The first kappa shape index (κ1) is 16.9. The number of carbonyl (C=O) groups excluding carboxylic acids is 1. The molecular formula is C18H29N3OS.